The third-order valence-electron chi connectivity index (χ3n) is 6.28. The van der Waals surface area contributed by atoms with Crippen molar-refractivity contribution in [1.29, 1.82) is 0 Å². The van der Waals surface area contributed by atoms with Gasteiger partial charge in [-0.15, -0.1) is 0 Å². The largest absolute Gasteiger partial charge is 0.475 e. The summed E-state index contributed by atoms with van der Waals surface area (Å²) in [5.41, 5.74) is 1.82. The van der Waals surface area contributed by atoms with Crippen molar-refractivity contribution in [3.8, 4) is 5.88 Å². The molecule has 3 N–H and O–H groups in total. The number of rotatable bonds is 0. The minimum atomic E-state index is -0.288. The Morgan fingerprint density at radius 2 is 2.03 bits per heavy atom. The van der Waals surface area contributed by atoms with Gasteiger partial charge < -0.3 is 20.1 Å². The third-order valence-corrected chi connectivity index (χ3v) is 6.28. The van der Waals surface area contributed by atoms with Crippen LogP contribution in [0.15, 0.2) is 24.4 Å². The summed E-state index contributed by atoms with van der Waals surface area (Å²) in [6, 6.07) is 5.82. The van der Waals surface area contributed by atoms with E-state index in [4.69, 9.17) is 9.47 Å². The SMILES string of the molecule is C[C@@H]1CCC2(CC2)NC(=O)O[C@@H]2CC[C@@H](C2)c2cc(n[nH]2)Nc2ccnc(c2)O1. The topological polar surface area (TPSA) is 101 Å². The normalized spacial score (nSPS) is 28.3. The summed E-state index contributed by atoms with van der Waals surface area (Å²) in [5, 5.41) is 13.9. The van der Waals surface area contributed by atoms with Crippen molar-refractivity contribution in [3.63, 3.8) is 0 Å². The van der Waals surface area contributed by atoms with Crippen molar-refractivity contribution in [1.82, 2.24) is 20.5 Å². The maximum atomic E-state index is 12.4. The molecule has 1 aliphatic heterocycles. The molecule has 29 heavy (non-hydrogen) atoms. The van der Waals surface area contributed by atoms with Crippen LogP contribution in [0, 0.1) is 0 Å². The number of amides is 1. The van der Waals surface area contributed by atoms with Crippen LogP contribution in [0.2, 0.25) is 0 Å². The smallest absolute Gasteiger partial charge is 0.407 e. The molecule has 0 radical (unpaired) electrons. The summed E-state index contributed by atoms with van der Waals surface area (Å²) < 4.78 is 11.7. The van der Waals surface area contributed by atoms with Gasteiger partial charge in [0.15, 0.2) is 5.82 Å². The summed E-state index contributed by atoms with van der Waals surface area (Å²) in [6.07, 6.45) is 7.80. The van der Waals surface area contributed by atoms with Crippen molar-refractivity contribution in [2.45, 2.75) is 75.5 Å². The molecule has 6 bridgehead atoms. The molecule has 154 valence electrons. The molecule has 1 amide bonds. The summed E-state index contributed by atoms with van der Waals surface area (Å²) in [5.74, 6) is 1.65. The maximum absolute atomic E-state index is 12.4. The molecule has 3 atom stereocenters. The molecule has 8 heteroatoms. The first kappa shape index (κ1) is 18.3. The molecule has 0 saturated heterocycles. The van der Waals surface area contributed by atoms with Gasteiger partial charge in [-0.3, -0.25) is 5.10 Å². The van der Waals surface area contributed by atoms with Gasteiger partial charge in [0, 0.05) is 41.2 Å². The highest BCUT2D eigenvalue weighted by atomic mass is 16.6. The number of pyridine rings is 1. The monoisotopic (exact) mass is 397 g/mol. The number of nitrogens with one attached hydrogen (secondary N) is 3. The lowest BCUT2D eigenvalue weighted by atomic mass is 10.0. The first-order chi connectivity index (χ1) is 14.1. The summed E-state index contributed by atoms with van der Waals surface area (Å²) in [6.45, 7) is 2.03. The van der Waals surface area contributed by atoms with Gasteiger partial charge >= 0.3 is 6.09 Å². The number of hydrogen-bond acceptors (Lipinski definition) is 6. The molecular formula is C21H27N5O3. The van der Waals surface area contributed by atoms with E-state index in [0.29, 0.717) is 11.8 Å². The van der Waals surface area contributed by atoms with E-state index in [-0.39, 0.29) is 23.8 Å². The van der Waals surface area contributed by atoms with Gasteiger partial charge in [0.25, 0.3) is 0 Å². The molecule has 2 fully saturated rings. The average Bonchev–Trinajstić information content (AvgIpc) is 3.07. The summed E-state index contributed by atoms with van der Waals surface area (Å²) in [7, 11) is 0. The fourth-order valence-electron chi connectivity index (χ4n) is 4.37. The molecule has 3 heterocycles. The molecule has 2 aromatic rings. The second kappa shape index (κ2) is 7.24. The van der Waals surface area contributed by atoms with Gasteiger partial charge in [0.1, 0.15) is 6.10 Å². The minimum absolute atomic E-state index is 0.000458. The second-order valence-corrected chi connectivity index (χ2v) is 8.63. The predicted molar refractivity (Wildman–Crippen MR) is 107 cm³/mol. The van der Waals surface area contributed by atoms with Crippen LogP contribution in [0.3, 0.4) is 0 Å². The van der Waals surface area contributed by atoms with Crippen LogP contribution in [0.5, 0.6) is 5.88 Å². The molecule has 1 spiro atoms. The standard InChI is InChI=1S/C21H27N5O3/c1-13-4-6-21(7-8-21)24-20(27)29-16-3-2-14(10-16)17-12-18(26-25-17)23-15-5-9-22-19(11-15)28-13/h5,9,11-14,16H,2-4,6-8,10H2,1H3,(H,24,27)(H2,23,25,26)/t13-,14+,16-/m1/s1. The summed E-state index contributed by atoms with van der Waals surface area (Å²) >= 11 is 0. The average molecular weight is 397 g/mol. The van der Waals surface area contributed by atoms with Gasteiger partial charge in [-0.05, 0) is 57.9 Å². The van der Waals surface area contributed by atoms with Crippen molar-refractivity contribution < 1.29 is 14.3 Å². The maximum Gasteiger partial charge on any atom is 0.407 e. The van der Waals surface area contributed by atoms with Gasteiger partial charge in [0.05, 0.1) is 6.10 Å². The highest BCUT2D eigenvalue weighted by Gasteiger charge is 2.44. The Hall–Kier alpha value is -2.77. The van der Waals surface area contributed by atoms with E-state index in [1.54, 1.807) is 6.20 Å². The third kappa shape index (κ3) is 4.16. The lowest BCUT2D eigenvalue weighted by molar-refractivity contribution is 0.0943. The number of nitrogens with zero attached hydrogens (tertiary/aromatic N) is 2. The van der Waals surface area contributed by atoms with E-state index in [0.717, 1.165) is 62.1 Å². The number of fused-ring (bicyclic) bond motifs is 7. The minimum Gasteiger partial charge on any atom is -0.475 e. The molecular weight excluding hydrogens is 370 g/mol. The Kier molecular flexibility index (Phi) is 4.56. The zero-order chi connectivity index (χ0) is 19.8. The number of aromatic nitrogens is 3. The lowest BCUT2D eigenvalue weighted by Gasteiger charge is -2.21. The lowest BCUT2D eigenvalue weighted by Crippen LogP contribution is -2.39. The summed E-state index contributed by atoms with van der Waals surface area (Å²) in [4.78, 5) is 16.8. The van der Waals surface area contributed by atoms with Crippen LogP contribution in [0.25, 0.3) is 0 Å². The van der Waals surface area contributed by atoms with E-state index in [2.05, 4.69) is 25.8 Å². The first-order valence-corrected chi connectivity index (χ1v) is 10.5. The van der Waals surface area contributed by atoms with E-state index in [1.165, 1.54) is 0 Å². The number of H-pyrrole nitrogens is 1. The predicted octanol–water partition coefficient (Wildman–Crippen LogP) is 4.00. The fraction of sp³-hybridized carbons (Fsp3) is 0.571. The van der Waals surface area contributed by atoms with E-state index in [9.17, 15) is 4.79 Å². The molecule has 2 aromatic heterocycles. The Morgan fingerprint density at radius 3 is 2.90 bits per heavy atom. The number of carbonyl (C=O) groups excluding carboxylic acids is 1. The zero-order valence-electron chi connectivity index (χ0n) is 16.6. The van der Waals surface area contributed by atoms with Crippen molar-refractivity contribution in [3.05, 3.63) is 30.1 Å². The molecule has 3 aliphatic rings. The van der Waals surface area contributed by atoms with Crippen LogP contribution in [0.4, 0.5) is 16.3 Å². The van der Waals surface area contributed by atoms with E-state index in [1.807, 2.05) is 25.1 Å². The second-order valence-electron chi connectivity index (χ2n) is 8.63. The van der Waals surface area contributed by atoms with Gasteiger partial charge in [-0.2, -0.15) is 5.10 Å². The molecule has 2 aliphatic carbocycles. The molecule has 8 nitrogen and oxygen atoms in total. The first-order valence-electron chi connectivity index (χ1n) is 10.5. The highest BCUT2D eigenvalue weighted by molar-refractivity contribution is 5.69. The number of anilines is 2. The molecule has 0 aromatic carbocycles. The molecule has 2 saturated carbocycles. The van der Waals surface area contributed by atoms with Crippen LogP contribution in [-0.2, 0) is 4.74 Å². The van der Waals surface area contributed by atoms with Crippen molar-refractivity contribution >= 4 is 17.6 Å². The fourth-order valence-corrected chi connectivity index (χ4v) is 4.37. The Morgan fingerprint density at radius 1 is 1.14 bits per heavy atom. The van der Waals surface area contributed by atoms with Crippen molar-refractivity contribution in [2.24, 2.45) is 0 Å². The molecule has 0 unspecified atom stereocenters. The van der Waals surface area contributed by atoms with Crippen molar-refractivity contribution in [2.75, 3.05) is 5.32 Å². The number of alkyl carbamates (subject to hydrolysis) is 1. The van der Waals surface area contributed by atoms with E-state index >= 15 is 0 Å². The molecule has 5 rings (SSSR count). The van der Waals surface area contributed by atoms with Crippen LogP contribution >= 0.6 is 0 Å². The highest BCUT2D eigenvalue weighted by Crippen LogP contribution is 2.41. The van der Waals surface area contributed by atoms with Gasteiger partial charge in [-0.25, -0.2) is 9.78 Å². The number of carbonyl (C=O) groups is 1. The van der Waals surface area contributed by atoms with E-state index < -0.39 is 0 Å². The van der Waals surface area contributed by atoms with Gasteiger partial charge in [0.2, 0.25) is 5.88 Å². The van der Waals surface area contributed by atoms with Crippen LogP contribution in [-0.4, -0.2) is 39.0 Å². The zero-order valence-corrected chi connectivity index (χ0v) is 16.6. The Labute approximate surface area is 169 Å². The number of hydrogen-bond donors (Lipinski definition) is 3. The number of aromatic amines is 1. The Balaban J connectivity index is 1.38. The number of ether oxygens (including phenoxy) is 2. The van der Waals surface area contributed by atoms with Gasteiger partial charge in [-0.1, -0.05) is 0 Å². The Bertz CT molecular complexity index is 894. The van der Waals surface area contributed by atoms with Crippen LogP contribution < -0.4 is 15.4 Å². The van der Waals surface area contributed by atoms with Crippen LogP contribution in [0.1, 0.15) is 63.5 Å². The quantitative estimate of drug-likeness (QED) is 0.621.